The maximum absolute atomic E-state index is 10.1. The average molecular weight is 186 g/mol. The van der Waals surface area contributed by atoms with Crippen LogP contribution in [-0.2, 0) is 4.79 Å². The van der Waals surface area contributed by atoms with Gasteiger partial charge in [-0.3, -0.25) is 4.79 Å². The summed E-state index contributed by atoms with van der Waals surface area (Å²) in [6, 6.07) is 0. The van der Waals surface area contributed by atoms with Crippen molar-refractivity contribution < 1.29 is 9.90 Å². The Balaban J connectivity index is 1.84. The molecule has 1 N–H and O–H groups in total. The van der Waals surface area contributed by atoms with Crippen LogP contribution >= 0.6 is 11.8 Å². The van der Waals surface area contributed by atoms with Crippen molar-refractivity contribution in [1.29, 1.82) is 0 Å². The first-order valence-electron chi connectivity index (χ1n) is 4.29. The lowest BCUT2D eigenvalue weighted by Crippen LogP contribution is -1.92. The van der Waals surface area contributed by atoms with Crippen LogP contribution in [0.3, 0.4) is 0 Å². The molecule has 2 nitrogen and oxygen atoms in total. The highest BCUT2D eigenvalue weighted by Crippen LogP contribution is 2.31. The third-order valence-corrected chi connectivity index (χ3v) is 2.60. The molecule has 1 aliphatic heterocycles. The Morgan fingerprint density at radius 2 is 2.33 bits per heavy atom. The zero-order valence-corrected chi connectivity index (χ0v) is 7.85. The molecule has 0 radical (unpaired) electrons. The van der Waals surface area contributed by atoms with E-state index in [0.717, 1.165) is 24.5 Å². The fourth-order valence-corrected chi connectivity index (χ4v) is 1.40. The fraction of sp³-hybridized carbons (Fsp3) is 0.667. The maximum atomic E-state index is 10.1. The van der Waals surface area contributed by atoms with Gasteiger partial charge in [0.2, 0.25) is 0 Å². The average Bonchev–Trinajstić information content (AvgIpc) is 2.79. The summed E-state index contributed by atoms with van der Waals surface area (Å²) in [6.07, 6.45) is 7.55. The molecule has 0 aromatic rings. The summed E-state index contributed by atoms with van der Waals surface area (Å²) in [4.78, 5) is 10.1. The minimum absolute atomic E-state index is 0.312. The predicted molar refractivity (Wildman–Crippen MR) is 51.5 cm³/mol. The Labute approximate surface area is 77.0 Å². The summed E-state index contributed by atoms with van der Waals surface area (Å²) in [7, 11) is 0. The lowest BCUT2D eigenvalue weighted by Gasteiger charge is -1.92. The quantitative estimate of drug-likeness (QED) is 0.393. The highest BCUT2D eigenvalue weighted by atomic mass is 32.2. The molecular weight excluding hydrogens is 172 g/mol. The third-order valence-electron chi connectivity index (χ3n) is 1.72. The summed E-state index contributed by atoms with van der Waals surface area (Å²) < 4.78 is 0. The van der Waals surface area contributed by atoms with Crippen molar-refractivity contribution in [1.82, 2.24) is 0 Å². The van der Waals surface area contributed by atoms with E-state index in [1.54, 1.807) is 0 Å². The second-order valence-corrected chi connectivity index (χ2v) is 4.21. The highest BCUT2D eigenvalue weighted by Gasteiger charge is 2.17. The van der Waals surface area contributed by atoms with E-state index in [0.29, 0.717) is 6.42 Å². The van der Waals surface area contributed by atoms with E-state index in [4.69, 9.17) is 5.11 Å². The Bertz CT molecular complexity index is 173. The van der Waals surface area contributed by atoms with Crippen LogP contribution in [0.4, 0.5) is 0 Å². The number of hydrogen-bond acceptors (Lipinski definition) is 2. The lowest BCUT2D eigenvalue weighted by molar-refractivity contribution is -0.137. The monoisotopic (exact) mass is 186 g/mol. The van der Waals surface area contributed by atoms with Crippen LogP contribution in [0.15, 0.2) is 12.2 Å². The number of unbranched alkanes of at least 4 members (excludes halogenated alkanes) is 2. The number of hydrogen-bond donors (Lipinski definition) is 1. The Hall–Kier alpha value is -0.440. The standard InChI is InChI=1S/C9H14O2S/c10-9(11)6-4-2-1-3-5-8-7-12-8/h3,5,8H,1-2,4,6-7H2,(H,10,11)/b5-3+. The highest BCUT2D eigenvalue weighted by molar-refractivity contribution is 8.07. The smallest absolute Gasteiger partial charge is 0.303 e. The van der Waals surface area contributed by atoms with Gasteiger partial charge in [0, 0.05) is 17.4 Å². The van der Waals surface area contributed by atoms with E-state index in [1.807, 2.05) is 11.8 Å². The molecule has 0 aromatic heterocycles. The minimum atomic E-state index is -0.684. The molecule has 1 unspecified atom stereocenters. The maximum Gasteiger partial charge on any atom is 0.303 e. The first-order chi connectivity index (χ1) is 5.79. The number of carbonyl (C=O) groups is 1. The van der Waals surface area contributed by atoms with E-state index >= 15 is 0 Å². The molecule has 3 heteroatoms. The first kappa shape index (κ1) is 9.65. The summed E-state index contributed by atoms with van der Waals surface area (Å²) in [6.45, 7) is 0. The van der Waals surface area contributed by atoms with Crippen LogP contribution in [0.5, 0.6) is 0 Å². The molecule has 0 aromatic carbocycles. The van der Waals surface area contributed by atoms with Gasteiger partial charge in [0.05, 0.1) is 0 Å². The molecular formula is C9H14O2S. The SMILES string of the molecule is O=C(O)CCCC/C=C/C1CS1. The van der Waals surface area contributed by atoms with E-state index in [-0.39, 0.29) is 0 Å². The second-order valence-electron chi connectivity index (χ2n) is 2.94. The van der Waals surface area contributed by atoms with Crippen LogP contribution in [0, 0.1) is 0 Å². The van der Waals surface area contributed by atoms with E-state index in [9.17, 15) is 4.79 Å². The molecule has 0 spiro atoms. The first-order valence-corrected chi connectivity index (χ1v) is 5.34. The van der Waals surface area contributed by atoms with Crippen LogP contribution < -0.4 is 0 Å². The van der Waals surface area contributed by atoms with E-state index in [2.05, 4.69) is 12.2 Å². The largest absolute Gasteiger partial charge is 0.481 e. The second kappa shape index (κ2) is 5.25. The number of aliphatic carboxylic acids is 1. The number of carboxylic acid groups (broad SMARTS) is 1. The Kier molecular flexibility index (Phi) is 4.22. The molecule has 1 fully saturated rings. The molecule has 1 atom stereocenters. The summed E-state index contributed by atoms with van der Waals surface area (Å²) in [5.74, 6) is 0.586. The van der Waals surface area contributed by atoms with Crippen molar-refractivity contribution in [3.05, 3.63) is 12.2 Å². The van der Waals surface area contributed by atoms with Crippen molar-refractivity contribution in [2.45, 2.75) is 30.9 Å². The number of carboxylic acids is 1. The molecule has 0 bridgehead atoms. The van der Waals surface area contributed by atoms with Crippen LogP contribution in [0.25, 0.3) is 0 Å². The molecule has 68 valence electrons. The van der Waals surface area contributed by atoms with Gasteiger partial charge in [0.1, 0.15) is 0 Å². The zero-order chi connectivity index (χ0) is 8.81. The fourth-order valence-electron chi connectivity index (χ4n) is 0.953. The van der Waals surface area contributed by atoms with Gasteiger partial charge in [-0.05, 0) is 19.3 Å². The lowest BCUT2D eigenvalue weighted by atomic mass is 10.2. The van der Waals surface area contributed by atoms with Crippen molar-refractivity contribution in [3.8, 4) is 0 Å². The van der Waals surface area contributed by atoms with Crippen molar-refractivity contribution >= 4 is 17.7 Å². The molecule has 1 rings (SSSR count). The molecule has 0 amide bonds. The van der Waals surface area contributed by atoms with E-state index in [1.165, 1.54) is 5.75 Å². The third kappa shape index (κ3) is 5.24. The molecule has 0 aliphatic carbocycles. The van der Waals surface area contributed by atoms with Crippen LogP contribution in [0.2, 0.25) is 0 Å². The Morgan fingerprint density at radius 3 is 2.92 bits per heavy atom. The summed E-state index contributed by atoms with van der Waals surface area (Å²) >= 11 is 1.96. The summed E-state index contributed by atoms with van der Waals surface area (Å²) in [5, 5.41) is 9.11. The van der Waals surface area contributed by atoms with Gasteiger partial charge < -0.3 is 5.11 Å². The van der Waals surface area contributed by atoms with Crippen LogP contribution in [-0.4, -0.2) is 22.1 Å². The van der Waals surface area contributed by atoms with Gasteiger partial charge in [-0.2, -0.15) is 11.8 Å². The van der Waals surface area contributed by atoms with Gasteiger partial charge in [0.25, 0.3) is 0 Å². The van der Waals surface area contributed by atoms with Crippen molar-refractivity contribution in [3.63, 3.8) is 0 Å². The number of thioether (sulfide) groups is 1. The molecule has 0 saturated carbocycles. The van der Waals surface area contributed by atoms with Crippen LogP contribution in [0.1, 0.15) is 25.7 Å². The van der Waals surface area contributed by atoms with Gasteiger partial charge in [-0.15, -0.1) is 0 Å². The van der Waals surface area contributed by atoms with E-state index < -0.39 is 5.97 Å². The molecule has 1 heterocycles. The number of rotatable bonds is 6. The minimum Gasteiger partial charge on any atom is -0.481 e. The van der Waals surface area contributed by atoms with Crippen molar-refractivity contribution in [2.24, 2.45) is 0 Å². The predicted octanol–water partition coefficient (Wildman–Crippen LogP) is 2.30. The van der Waals surface area contributed by atoms with Crippen molar-refractivity contribution in [2.75, 3.05) is 5.75 Å². The number of allylic oxidation sites excluding steroid dienone is 1. The molecule has 1 aliphatic rings. The van der Waals surface area contributed by atoms with Gasteiger partial charge in [-0.25, -0.2) is 0 Å². The molecule has 12 heavy (non-hydrogen) atoms. The molecule has 1 saturated heterocycles. The normalized spacial score (nSPS) is 21.5. The zero-order valence-electron chi connectivity index (χ0n) is 7.03. The van der Waals surface area contributed by atoms with Gasteiger partial charge >= 0.3 is 5.97 Å². The summed E-state index contributed by atoms with van der Waals surface area (Å²) in [5.41, 5.74) is 0. The Morgan fingerprint density at radius 1 is 1.58 bits per heavy atom. The van der Waals surface area contributed by atoms with Gasteiger partial charge in [-0.1, -0.05) is 12.2 Å². The topological polar surface area (TPSA) is 37.3 Å². The van der Waals surface area contributed by atoms with Gasteiger partial charge in [0.15, 0.2) is 0 Å².